The molecule has 1 N–H and O–H groups in total. The molecule has 0 aliphatic rings. The highest BCUT2D eigenvalue weighted by molar-refractivity contribution is 9.10. The van der Waals surface area contributed by atoms with Crippen molar-refractivity contribution >= 4 is 15.9 Å². The smallest absolute Gasteiger partial charge is 0.137 e. The summed E-state index contributed by atoms with van der Waals surface area (Å²) in [5.41, 5.74) is 1.03. The Labute approximate surface area is 108 Å². The number of furan rings is 1. The van der Waals surface area contributed by atoms with Gasteiger partial charge in [-0.05, 0) is 52.7 Å². The second kappa shape index (κ2) is 5.47. The summed E-state index contributed by atoms with van der Waals surface area (Å²) in [5.74, 6) is 0.644. The second-order valence-corrected chi connectivity index (χ2v) is 4.71. The Morgan fingerprint density at radius 1 is 1.41 bits per heavy atom. The van der Waals surface area contributed by atoms with Gasteiger partial charge in [0.05, 0.1) is 17.3 Å². The molecule has 17 heavy (non-hydrogen) atoms. The van der Waals surface area contributed by atoms with Gasteiger partial charge in [-0.1, -0.05) is 6.07 Å². The van der Waals surface area contributed by atoms with Crippen molar-refractivity contribution in [1.29, 1.82) is 0 Å². The quantitative estimate of drug-likeness (QED) is 0.922. The first-order valence-electron chi connectivity index (χ1n) is 5.37. The largest absolute Gasteiger partial charge is 0.468 e. The number of hydrogen-bond acceptors (Lipinski definition) is 2. The van der Waals surface area contributed by atoms with Crippen LogP contribution in [0, 0.1) is 5.82 Å². The summed E-state index contributed by atoms with van der Waals surface area (Å²) in [5, 5.41) is 3.31. The van der Waals surface area contributed by atoms with Crippen molar-refractivity contribution in [3.63, 3.8) is 0 Å². The average Bonchev–Trinajstić information content (AvgIpc) is 2.82. The van der Waals surface area contributed by atoms with E-state index in [1.807, 2.05) is 19.1 Å². The lowest BCUT2D eigenvalue weighted by Crippen LogP contribution is -2.17. The Balaban J connectivity index is 1.99. The molecule has 1 heterocycles. The van der Waals surface area contributed by atoms with Crippen LogP contribution in [0.3, 0.4) is 0 Å². The van der Waals surface area contributed by atoms with E-state index in [1.54, 1.807) is 18.4 Å². The van der Waals surface area contributed by atoms with E-state index in [0.717, 1.165) is 11.3 Å². The van der Waals surface area contributed by atoms with Gasteiger partial charge in [-0.3, -0.25) is 0 Å². The van der Waals surface area contributed by atoms with Crippen LogP contribution in [-0.2, 0) is 6.54 Å². The maximum Gasteiger partial charge on any atom is 0.137 e. The topological polar surface area (TPSA) is 25.2 Å². The summed E-state index contributed by atoms with van der Waals surface area (Å²) >= 11 is 3.18. The normalized spacial score (nSPS) is 12.6. The van der Waals surface area contributed by atoms with Crippen LogP contribution in [0.2, 0.25) is 0 Å². The van der Waals surface area contributed by atoms with E-state index in [9.17, 15) is 4.39 Å². The number of nitrogens with one attached hydrogen (secondary N) is 1. The van der Waals surface area contributed by atoms with Crippen molar-refractivity contribution in [3.8, 4) is 0 Å². The SMILES string of the molecule is CC(NCc1ccco1)c1ccc(F)c(Br)c1. The molecule has 0 amide bonds. The molecule has 0 bridgehead atoms. The highest BCUT2D eigenvalue weighted by atomic mass is 79.9. The van der Waals surface area contributed by atoms with Gasteiger partial charge in [0.15, 0.2) is 0 Å². The Bertz CT molecular complexity index is 484. The van der Waals surface area contributed by atoms with Gasteiger partial charge in [0.2, 0.25) is 0 Å². The zero-order valence-corrected chi connectivity index (χ0v) is 11.0. The number of hydrogen-bond donors (Lipinski definition) is 1. The molecule has 2 nitrogen and oxygen atoms in total. The summed E-state index contributed by atoms with van der Waals surface area (Å²) in [4.78, 5) is 0. The second-order valence-electron chi connectivity index (χ2n) is 3.86. The van der Waals surface area contributed by atoms with Gasteiger partial charge < -0.3 is 9.73 Å². The van der Waals surface area contributed by atoms with Crippen LogP contribution in [-0.4, -0.2) is 0 Å². The first-order valence-corrected chi connectivity index (χ1v) is 6.17. The van der Waals surface area contributed by atoms with Gasteiger partial charge in [0.1, 0.15) is 11.6 Å². The molecular formula is C13H13BrFNO. The van der Waals surface area contributed by atoms with Gasteiger partial charge in [-0.25, -0.2) is 4.39 Å². The predicted molar refractivity (Wildman–Crippen MR) is 68.1 cm³/mol. The van der Waals surface area contributed by atoms with Crippen LogP contribution in [0.4, 0.5) is 4.39 Å². The molecule has 0 aliphatic heterocycles. The lowest BCUT2D eigenvalue weighted by molar-refractivity contribution is 0.460. The van der Waals surface area contributed by atoms with Crippen LogP contribution < -0.4 is 5.32 Å². The maximum absolute atomic E-state index is 13.1. The highest BCUT2D eigenvalue weighted by Gasteiger charge is 2.08. The molecule has 1 aromatic heterocycles. The third-order valence-electron chi connectivity index (χ3n) is 2.61. The Kier molecular flexibility index (Phi) is 3.97. The van der Waals surface area contributed by atoms with Crippen LogP contribution in [0.5, 0.6) is 0 Å². The molecule has 0 aliphatic carbocycles. The lowest BCUT2D eigenvalue weighted by Gasteiger charge is -2.13. The molecule has 1 aromatic carbocycles. The zero-order valence-electron chi connectivity index (χ0n) is 9.41. The standard InChI is InChI=1S/C13H13BrFNO/c1-9(16-8-11-3-2-6-17-11)10-4-5-13(15)12(14)7-10/h2-7,9,16H,8H2,1H3. The third kappa shape index (κ3) is 3.17. The summed E-state index contributed by atoms with van der Waals surface area (Å²) in [6, 6.07) is 8.94. The molecule has 90 valence electrons. The predicted octanol–water partition coefficient (Wildman–Crippen LogP) is 4.03. The molecule has 4 heteroatoms. The van der Waals surface area contributed by atoms with E-state index in [-0.39, 0.29) is 11.9 Å². The molecule has 0 saturated carbocycles. The van der Waals surface area contributed by atoms with Crippen molar-refractivity contribution in [2.45, 2.75) is 19.5 Å². The van der Waals surface area contributed by atoms with Crippen LogP contribution >= 0.6 is 15.9 Å². The maximum atomic E-state index is 13.1. The average molecular weight is 298 g/mol. The van der Waals surface area contributed by atoms with Gasteiger partial charge in [0, 0.05) is 6.04 Å². The molecule has 2 rings (SSSR count). The van der Waals surface area contributed by atoms with Crippen molar-refractivity contribution in [2.75, 3.05) is 0 Å². The molecule has 0 fully saturated rings. The molecule has 0 saturated heterocycles. The van der Waals surface area contributed by atoms with Gasteiger partial charge >= 0.3 is 0 Å². The molecule has 0 radical (unpaired) electrons. The van der Waals surface area contributed by atoms with E-state index in [0.29, 0.717) is 11.0 Å². The minimum Gasteiger partial charge on any atom is -0.468 e. The number of halogens is 2. The summed E-state index contributed by atoms with van der Waals surface area (Å²) in [7, 11) is 0. The molecule has 1 atom stereocenters. The third-order valence-corrected chi connectivity index (χ3v) is 3.21. The van der Waals surface area contributed by atoms with Crippen LogP contribution in [0.15, 0.2) is 45.5 Å². The summed E-state index contributed by atoms with van der Waals surface area (Å²) in [6.07, 6.45) is 1.65. The Morgan fingerprint density at radius 3 is 2.88 bits per heavy atom. The molecule has 0 spiro atoms. The number of benzene rings is 1. The Morgan fingerprint density at radius 2 is 2.24 bits per heavy atom. The van der Waals surface area contributed by atoms with Crippen molar-refractivity contribution < 1.29 is 8.81 Å². The van der Waals surface area contributed by atoms with E-state index < -0.39 is 0 Å². The van der Waals surface area contributed by atoms with Crippen molar-refractivity contribution in [1.82, 2.24) is 5.32 Å². The van der Waals surface area contributed by atoms with E-state index in [2.05, 4.69) is 21.2 Å². The van der Waals surface area contributed by atoms with Gasteiger partial charge in [-0.15, -0.1) is 0 Å². The fraction of sp³-hybridized carbons (Fsp3) is 0.231. The fourth-order valence-electron chi connectivity index (χ4n) is 1.57. The minimum absolute atomic E-state index is 0.136. The monoisotopic (exact) mass is 297 g/mol. The lowest BCUT2D eigenvalue weighted by atomic mass is 10.1. The highest BCUT2D eigenvalue weighted by Crippen LogP contribution is 2.21. The molecule has 2 aromatic rings. The minimum atomic E-state index is -0.244. The van der Waals surface area contributed by atoms with Crippen molar-refractivity contribution in [2.24, 2.45) is 0 Å². The van der Waals surface area contributed by atoms with Gasteiger partial charge in [-0.2, -0.15) is 0 Å². The first-order chi connectivity index (χ1) is 8.16. The van der Waals surface area contributed by atoms with Gasteiger partial charge in [0.25, 0.3) is 0 Å². The number of rotatable bonds is 4. The fourth-order valence-corrected chi connectivity index (χ4v) is 1.96. The zero-order chi connectivity index (χ0) is 12.3. The van der Waals surface area contributed by atoms with E-state index in [1.165, 1.54) is 6.07 Å². The summed E-state index contributed by atoms with van der Waals surface area (Å²) < 4.78 is 18.8. The first kappa shape index (κ1) is 12.3. The van der Waals surface area contributed by atoms with E-state index >= 15 is 0 Å². The molecule has 1 unspecified atom stereocenters. The van der Waals surface area contributed by atoms with E-state index in [4.69, 9.17) is 4.42 Å². The Hall–Kier alpha value is -1.13. The van der Waals surface area contributed by atoms with Crippen LogP contribution in [0.25, 0.3) is 0 Å². The van der Waals surface area contributed by atoms with Crippen molar-refractivity contribution in [3.05, 3.63) is 58.2 Å². The van der Waals surface area contributed by atoms with Crippen LogP contribution in [0.1, 0.15) is 24.3 Å². The summed E-state index contributed by atoms with van der Waals surface area (Å²) in [6.45, 7) is 2.69. The molecular weight excluding hydrogens is 285 g/mol.